The van der Waals surface area contributed by atoms with E-state index in [1.165, 1.54) is 23.1 Å². The molecular weight excluding hydrogens is 448 g/mol. The Morgan fingerprint density at radius 3 is 2.47 bits per heavy atom. The zero-order valence-electron chi connectivity index (χ0n) is 17.8. The molecule has 0 atom stereocenters. The van der Waals surface area contributed by atoms with Gasteiger partial charge in [-0.3, -0.25) is 14.9 Å². The summed E-state index contributed by atoms with van der Waals surface area (Å²) in [7, 11) is 0. The van der Waals surface area contributed by atoms with Gasteiger partial charge in [-0.05, 0) is 45.0 Å². The first-order chi connectivity index (χ1) is 15.4. The molecule has 0 aliphatic carbocycles. The van der Waals surface area contributed by atoms with E-state index in [4.69, 9.17) is 4.74 Å². The molecule has 1 aromatic heterocycles. The highest BCUT2D eigenvalue weighted by atomic mass is 32.2. The molecule has 1 heterocycles. The van der Waals surface area contributed by atoms with Gasteiger partial charge in [0.1, 0.15) is 0 Å². The zero-order chi connectivity index (χ0) is 23.1. The second-order valence-electron chi connectivity index (χ2n) is 6.81. The number of nitrogens with zero attached hydrogens (tertiary/aromatic N) is 2. The lowest BCUT2D eigenvalue weighted by Crippen LogP contribution is -2.17. The minimum absolute atomic E-state index is 0.0663. The molecule has 0 bridgehead atoms. The number of rotatable bonds is 8. The molecule has 3 aromatic rings. The summed E-state index contributed by atoms with van der Waals surface area (Å²) in [6.45, 7) is 5.83. The zero-order valence-corrected chi connectivity index (χ0v) is 19.4. The summed E-state index contributed by atoms with van der Waals surface area (Å²) in [5.74, 6) is -0.999. The summed E-state index contributed by atoms with van der Waals surface area (Å²) in [5, 5.41) is 13.8. The van der Waals surface area contributed by atoms with Crippen LogP contribution in [-0.2, 0) is 9.53 Å². The Morgan fingerprint density at radius 2 is 1.75 bits per heavy atom. The topological polar surface area (TPSA) is 110 Å². The summed E-state index contributed by atoms with van der Waals surface area (Å²) >= 11 is 2.37. The molecule has 32 heavy (non-hydrogen) atoms. The molecule has 166 valence electrons. The van der Waals surface area contributed by atoms with E-state index in [9.17, 15) is 14.4 Å². The largest absolute Gasteiger partial charge is 0.462 e. The Labute approximate surface area is 193 Å². The van der Waals surface area contributed by atoms with E-state index < -0.39 is 5.97 Å². The third kappa shape index (κ3) is 6.38. The fraction of sp³-hybridized carbons (Fsp3) is 0.227. The number of benzene rings is 2. The highest BCUT2D eigenvalue weighted by Gasteiger charge is 2.16. The maximum atomic E-state index is 12.4. The van der Waals surface area contributed by atoms with Gasteiger partial charge in [0.15, 0.2) is 4.34 Å². The van der Waals surface area contributed by atoms with Crippen molar-refractivity contribution in [3.8, 4) is 0 Å². The molecule has 10 heteroatoms. The minimum Gasteiger partial charge on any atom is -0.462 e. The van der Waals surface area contributed by atoms with Crippen LogP contribution in [0.3, 0.4) is 0 Å². The van der Waals surface area contributed by atoms with Gasteiger partial charge in [0.25, 0.3) is 5.91 Å². The highest BCUT2D eigenvalue weighted by Crippen LogP contribution is 2.26. The van der Waals surface area contributed by atoms with Crippen molar-refractivity contribution >= 4 is 51.7 Å². The average Bonchev–Trinajstić information content (AvgIpc) is 3.19. The van der Waals surface area contributed by atoms with Gasteiger partial charge in [-0.2, -0.15) is 0 Å². The smallest absolute Gasteiger partial charge is 0.340 e. The number of hydrogen-bond acceptors (Lipinski definition) is 8. The number of hydrogen-bond donors (Lipinski definition) is 2. The van der Waals surface area contributed by atoms with E-state index in [-0.39, 0.29) is 24.2 Å². The van der Waals surface area contributed by atoms with Crippen molar-refractivity contribution in [2.45, 2.75) is 25.1 Å². The molecule has 0 radical (unpaired) electrons. The Balaban J connectivity index is 1.56. The Bertz CT molecular complexity index is 1130. The van der Waals surface area contributed by atoms with Crippen LogP contribution in [-0.4, -0.2) is 40.3 Å². The van der Waals surface area contributed by atoms with Crippen LogP contribution >= 0.6 is 23.1 Å². The number of para-hydroxylation sites is 1. The molecule has 2 N–H and O–H groups in total. The molecule has 3 rings (SSSR count). The van der Waals surface area contributed by atoms with Crippen LogP contribution in [0.25, 0.3) is 0 Å². The number of amides is 2. The molecule has 2 aromatic carbocycles. The second-order valence-corrected chi connectivity index (χ2v) is 9.01. The summed E-state index contributed by atoms with van der Waals surface area (Å²) in [4.78, 5) is 36.8. The summed E-state index contributed by atoms with van der Waals surface area (Å²) in [6, 6.07) is 12.3. The van der Waals surface area contributed by atoms with Crippen LogP contribution < -0.4 is 10.6 Å². The lowest BCUT2D eigenvalue weighted by atomic mass is 10.1. The molecule has 0 aliphatic rings. The van der Waals surface area contributed by atoms with E-state index in [0.717, 1.165) is 11.1 Å². The summed E-state index contributed by atoms with van der Waals surface area (Å²) in [5.41, 5.74) is 3.22. The van der Waals surface area contributed by atoms with E-state index in [0.29, 0.717) is 26.3 Å². The molecule has 0 aliphatic heterocycles. The van der Waals surface area contributed by atoms with Crippen LogP contribution in [0.15, 0.2) is 46.8 Å². The Morgan fingerprint density at radius 1 is 1.03 bits per heavy atom. The predicted octanol–water partition coefficient (Wildman–Crippen LogP) is 4.31. The van der Waals surface area contributed by atoms with E-state index >= 15 is 0 Å². The Kier molecular flexibility index (Phi) is 7.96. The van der Waals surface area contributed by atoms with Gasteiger partial charge in [-0.25, -0.2) is 4.79 Å². The fourth-order valence-electron chi connectivity index (χ4n) is 2.89. The van der Waals surface area contributed by atoms with Crippen molar-refractivity contribution in [1.82, 2.24) is 10.2 Å². The molecule has 2 amide bonds. The van der Waals surface area contributed by atoms with Gasteiger partial charge < -0.3 is 10.1 Å². The van der Waals surface area contributed by atoms with Crippen molar-refractivity contribution in [2.24, 2.45) is 0 Å². The first kappa shape index (κ1) is 23.4. The molecule has 8 nitrogen and oxygen atoms in total. The summed E-state index contributed by atoms with van der Waals surface area (Å²) < 4.78 is 5.55. The van der Waals surface area contributed by atoms with Crippen LogP contribution in [0, 0.1) is 13.8 Å². The van der Waals surface area contributed by atoms with Crippen LogP contribution in [0.2, 0.25) is 0 Å². The number of carbonyl (C=O) groups excluding carboxylic acids is 3. The quantitative estimate of drug-likeness (QED) is 0.287. The van der Waals surface area contributed by atoms with Crippen LogP contribution in [0.5, 0.6) is 0 Å². The van der Waals surface area contributed by atoms with E-state index in [1.807, 2.05) is 19.9 Å². The van der Waals surface area contributed by atoms with Gasteiger partial charge in [0.05, 0.1) is 23.6 Å². The molecule has 0 saturated heterocycles. The lowest BCUT2D eigenvalue weighted by molar-refractivity contribution is -0.113. The van der Waals surface area contributed by atoms with Crippen molar-refractivity contribution < 1.29 is 19.1 Å². The van der Waals surface area contributed by atoms with Crippen LogP contribution in [0.4, 0.5) is 10.8 Å². The fourth-order valence-corrected chi connectivity index (χ4v) is 4.43. The Hall–Kier alpha value is -3.24. The predicted molar refractivity (Wildman–Crippen MR) is 126 cm³/mol. The van der Waals surface area contributed by atoms with Crippen molar-refractivity contribution in [1.29, 1.82) is 0 Å². The monoisotopic (exact) mass is 470 g/mol. The number of thioether (sulfide) groups is 1. The number of nitrogens with one attached hydrogen (secondary N) is 2. The number of aryl methyl sites for hydroxylation is 2. The van der Waals surface area contributed by atoms with Crippen LogP contribution in [0.1, 0.15) is 38.8 Å². The minimum atomic E-state index is -0.496. The number of carbonyl (C=O) groups is 3. The van der Waals surface area contributed by atoms with Gasteiger partial charge in [-0.1, -0.05) is 52.4 Å². The average molecular weight is 471 g/mol. The second kappa shape index (κ2) is 10.9. The molecule has 0 unspecified atom stereocenters. The maximum Gasteiger partial charge on any atom is 0.340 e. The van der Waals surface area contributed by atoms with Gasteiger partial charge in [0, 0.05) is 5.56 Å². The number of aromatic nitrogens is 2. The first-order valence-corrected chi connectivity index (χ1v) is 11.6. The number of anilines is 2. The van der Waals surface area contributed by atoms with Gasteiger partial charge in [0.2, 0.25) is 11.0 Å². The summed E-state index contributed by atoms with van der Waals surface area (Å²) in [6.07, 6.45) is 0. The maximum absolute atomic E-state index is 12.4. The first-order valence-electron chi connectivity index (χ1n) is 9.77. The normalized spacial score (nSPS) is 10.5. The number of ether oxygens (including phenoxy) is 1. The third-order valence-corrected chi connectivity index (χ3v) is 6.11. The van der Waals surface area contributed by atoms with E-state index in [1.54, 1.807) is 43.3 Å². The molecule has 0 fully saturated rings. The van der Waals surface area contributed by atoms with Crippen molar-refractivity contribution in [2.75, 3.05) is 23.0 Å². The SMILES string of the molecule is CCOC(=O)c1ccccc1NC(=O)CSc1nnc(NC(=O)c2cc(C)cc(C)c2)s1. The number of esters is 1. The van der Waals surface area contributed by atoms with Gasteiger partial charge in [-0.15, -0.1) is 10.2 Å². The third-order valence-electron chi connectivity index (χ3n) is 4.13. The van der Waals surface area contributed by atoms with Crippen molar-refractivity contribution in [3.63, 3.8) is 0 Å². The molecule has 0 saturated carbocycles. The van der Waals surface area contributed by atoms with E-state index in [2.05, 4.69) is 20.8 Å². The standard InChI is InChI=1S/C22H22N4O4S2/c1-4-30-20(29)16-7-5-6-8-17(16)23-18(27)12-31-22-26-25-21(32-22)24-19(28)15-10-13(2)9-14(3)11-15/h5-11H,4,12H2,1-3H3,(H,23,27)(H,24,25,28). The molecular formula is C22H22N4O4S2. The van der Waals surface area contributed by atoms with Crippen molar-refractivity contribution in [3.05, 3.63) is 64.7 Å². The molecule has 0 spiro atoms. The van der Waals surface area contributed by atoms with Gasteiger partial charge >= 0.3 is 5.97 Å². The highest BCUT2D eigenvalue weighted by molar-refractivity contribution is 8.01. The lowest BCUT2D eigenvalue weighted by Gasteiger charge is -2.09.